The van der Waals surface area contributed by atoms with E-state index in [0.29, 0.717) is 23.4 Å². The number of aliphatic carboxylic acids is 2. The lowest BCUT2D eigenvalue weighted by molar-refractivity contribution is -0.156. The van der Waals surface area contributed by atoms with Gasteiger partial charge in [0.1, 0.15) is 6.04 Å². The number of nitrogens with zero attached hydrogens (tertiary/aromatic N) is 4. The predicted octanol–water partition coefficient (Wildman–Crippen LogP) is -0.977. The summed E-state index contributed by atoms with van der Waals surface area (Å²) in [7, 11) is 0. The highest BCUT2D eigenvalue weighted by Crippen LogP contribution is 2.22. The van der Waals surface area contributed by atoms with Gasteiger partial charge in [-0.15, -0.1) is 0 Å². The number of nitrogens with one attached hydrogen (secondary N) is 2. The molecule has 2 aromatic rings. The molecule has 0 fully saturated rings. The van der Waals surface area contributed by atoms with Crippen molar-refractivity contribution in [3.05, 3.63) is 34.4 Å². The van der Waals surface area contributed by atoms with E-state index in [2.05, 4.69) is 25.3 Å². The number of nitrogen functional groups attached to an aromatic ring is 1. The number of carbonyl (C=O) groups excluding carboxylic acids is 2. The lowest BCUT2D eigenvalue weighted by atomic mass is 9.91. The zero-order chi connectivity index (χ0) is 24.8. The molecule has 2 heterocycles. The Bertz CT molecular complexity index is 1200. The van der Waals surface area contributed by atoms with Crippen LogP contribution in [0.15, 0.2) is 23.1 Å². The summed E-state index contributed by atoms with van der Waals surface area (Å²) < 4.78 is 0. The summed E-state index contributed by atoms with van der Waals surface area (Å²) in [6.07, 6.45) is 4.88. The number of hydrogen-bond donors (Lipinski definition) is 5. The summed E-state index contributed by atoms with van der Waals surface area (Å²) in [6.45, 7) is 0.275. The van der Waals surface area contributed by atoms with Crippen molar-refractivity contribution >= 4 is 41.4 Å². The molecule has 0 radical (unpaired) electrons. The Balaban J connectivity index is 1.62. The third-order valence-corrected chi connectivity index (χ3v) is 5.33. The zero-order valence-electron chi connectivity index (χ0n) is 17.9. The normalized spacial score (nSPS) is 18.4. The maximum atomic E-state index is 12.7. The molecular weight excluding hydrogens is 450 g/mol. The minimum atomic E-state index is -1.55. The number of aromatic amines is 1. The number of aromatic nitrogens is 4. The highest BCUT2D eigenvalue weighted by atomic mass is 16.4. The van der Waals surface area contributed by atoms with Crippen LogP contribution in [0.25, 0.3) is 11.2 Å². The number of rotatable bonds is 10. The maximum absolute atomic E-state index is 12.7. The monoisotopic (exact) mass is 473 g/mol. The molecule has 1 aliphatic rings. The number of hydrogen-bond acceptors (Lipinski definition) is 10. The summed E-state index contributed by atoms with van der Waals surface area (Å²) in [5.74, 6) is -4.15. The van der Waals surface area contributed by atoms with Gasteiger partial charge in [-0.25, -0.2) is 14.8 Å². The molecule has 0 spiro atoms. The molecule has 180 valence electrons. The molecule has 0 bridgehead atoms. The largest absolute Gasteiger partial charge is 0.481 e. The Morgan fingerprint density at radius 3 is 2.65 bits per heavy atom. The Kier molecular flexibility index (Phi) is 7.63. The van der Waals surface area contributed by atoms with E-state index in [1.54, 1.807) is 12.2 Å². The average Bonchev–Trinajstić information content (AvgIpc) is 2.80. The van der Waals surface area contributed by atoms with Gasteiger partial charge in [-0.2, -0.15) is 4.98 Å². The van der Waals surface area contributed by atoms with Crippen molar-refractivity contribution in [2.24, 2.45) is 5.92 Å². The number of carbonyl (C=O) groups is 4. The molecular formula is C20H23N7O7. The second kappa shape index (κ2) is 10.6. The summed E-state index contributed by atoms with van der Waals surface area (Å²) in [5.41, 5.74) is 5.66. The number of imide groups is 1. The van der Waals surface area contributed by atoms with Gasteiger partial charge < -0.3 is 21.3 Å². The van der Waals surface area contributed by atoms with Crippen LogP contribution in [0.5, 0.6) is 0 Å². The van der Waals surface area contributed by atoms with Gasteiger partial charge in [-0.1, -0.05) is 12.2 Å². The predicted molar refractivity (Wildman–Crippen MR) is 116 cm³/mol. The van der Waals surface area contributed by atoms with E-state index in [4.69, 9.17) is 10.8 Å². The van der Waals surface area contributed by atoms with Crippen molar-refractivity contribution in [1.29, 1.82) is 0 Å². The molecule has 0 saturated carbocycles. The summed E-state index contributed by atoms with van der Waals surface area (Å²) in [4.78, 5) is 73.5. The molecule has 0 saturated heterocycles. The Morgan fingerprint density at radius 1 is 1.26 bits per heavy atom. The SMILES string of the molecule is Nc1nc2ncc(CNC3C=CC(C(=O)N(C=O)[C@@H](CCC(=O)O)C(=O)O)CC3)nc2c(=O)[nH]1. The Hall–Kier alpha value is -4.20. The quantitative estimate of drug-likeness (QED) is 0.207. The molecule has 14 nitrogen and oxygen atoms in total. The topological polar surface area (TPSA) is 222 Å². The van der Waals surface area contributed by atoms with Gasteiger partial charge in [-0.3, -0.25) is 29.1 Å². The lowest BCUT2D eigenvalue weighted by Gasteiger charge is -2.29. The van der Waals surface area contributed by atoms with Gasteiger partial charge in [0, 0.05) is 19.0 Å². The fraction of sp³-hybridized carbons (Fsp3) is 0.400. The fourth-order valence-electron chi connectivity index (χ4n) is 3.60. The lowest BCUT2D eigenvalue weighted by Crippen LogP contribution is -2.47. The van der Waals surface area contributed by atoms with Gasteiger partial charge in [0.05, 0.1) is 17.8 Å². The van der Waals surface area contributed by atoms with E-state index >= 15 is 0 Å². The van der Waals surface area contributed by atoms with Crippen LogP contribution in [-0.2, 0) is 25.7 Å². The smallest absolute Gasteiger partial charge is 0.326 e. The molecule has 1 aliphatic carbocycles. The Morgan fingerprint density at radius 2 is 2.03 bits per heavy atom. The van der Waals surface area contributed by atoms with Crippen molar-refractivity contribution in [3.8, 4) is 0 Å². The molecule has 0 aromatic carbocycles. The molecule has 2 unspecified atom stereocenters. The van der Waals surface area contributed by atoms with Gasteiger partial charge in [0.15, 0.2) is 11.2 Å². The minimum absolute atomic E-state index is 0.0566. The van der Waals surface area contributed by atoms with Crippen molar-refractivity contribution in [2.75, 3.05) is 5.73 Å². The minimum Gasteiger partial charge on any atom is -0.481 e. The first-order chi connectivity index (χ1) is 16.2. The first-order valence-corrected chi connectivity index (χ1v) is 10.3. The number of anilines is 1. The highest BCUT2D eigenvalue weighted by molar-refractivity contribution is 5.94. The summed E-state index contributed by atoms with van der Waals surface area (Å²) in [5, 5.41) is 21.3. The third kappa shape index (κ3) is 5.78. The van der Waals surface area contributed by atoms with Gasteiger partial charge in [0.25, 0.3) is 5.56 Å². The van der Waals surface area contributed by atoms with E-state index in [1.807, 2.05) is 0 Å². The summed E-state index contributed by atoms with van der Waals surface area (Å²) in [6, 6.07) is -1.69. The Labute approximate surface area is 191 Å². The molecule has 34 heavy (non-hydrogen) atoms. The average molecular weight is 473 g/mol. The van der Waals surface area contributed by atoms with Gasteiger partial charge in [0.2, 0.25) is 18.3 Å². The summed E-state index contributed by atoms with van der Waals surface area (Å²) >= 11 is 0. The molecule has 3 atom stereocenters. The molecule has 2 amide bonds. The van der Waals surface area contributed by atoms with Crippen molar-refractivity contribution in [3.63, 3.8) is 0 Å². The van der Waals surface area contributed by atoms with E-state index in [0.717, 1.165) is 0 Å². The first-order valence-electron chi connectivity index (χ1n) is 10.3. The van der Waals surface area contributed by atoms with Gasteiger partial charge >= 0.3 is 11.9 Å². The second-order valence-corrected chi connectivity index (χ2v) is 7.68. The number of nitrogens with two attached hydrogens (primary N) is 1. The van der Waals surface area contributed by atoms with Crippen molar-refractivity contribution in [2.45, 2.75) is 44.3 Å². The second-order valence-electron chi connectivity index (χ2n) is 7.68. The number of carboxylic acids is 2. The number of H-pyrrole nitrogens is 1. The number of fused-ring (bicyclic) bond motifs is 1. The van der Waals surface area contributed by atoms with Crippen LogP contribution in [0.3, 0.4) is 0 Å². The van der Waals surface area contributed by atoms with Crippen LogP contribution in [0, 0.1) is 5.92 Å². The number of amides is 2. The molecule has 14 heteroatoms. The van der Waals surface area contributed by atoms with Crippen LogP contribution in [0.2, 0.25) is 0 Å². The fourth-order valence-corrected chi connectivity index (χ4v) is 3.60. The van der Waals surface area contributed by atoms with E-state index in [9.17, 15) is 29.1 Å². The third-order valence-electron chi connectivity index (χ3n) is 5.33. The van der Waals surface area contributed by atoms with Crippen LogP contribution in [0.1, 0.15) is 31.4 Å². The first kappa shape index (κ1) is 24.4. The molecule has 2 aromatic heterocycles. The van der Waals surface area contributed by atoms with Gasteiger partial charge in [-0.05, 0) is 19.3 Å². The number of carboxylic acid groups (broad SMARTS) is 2. The molecule has 6 N–H and O–H groups in total. The van der Waals surface area contributed by atoms with E-state index in [1.165, 1.54) is 6.20 Å². The highest BCUT2D eigenvalue weighted by Gasteiger charge is 2.34. The molecule has 3 rings (SSSR count). The standard InChI is InChI=1S/C20H23N7O7/c21-20-25-16-15(17(31)26-20)24-12(8-23-16)7-22-11-3-1-10(2-4-11)18(32)27(9-28)13(19(33)34)5-6-14(29)30/h1,3,8-11,13,22H,2,4-7H2,(H,29,30)(H,33,34)(H3,21,23,25,26,31)/t10?,11?,13-/m0/s1. The molecule has 0 aliphatic heterocycles. The van der Waals surface area contributed by atoms with Crippen molar-refractivity contribution in [1.82, 2.24) is 30.2 Å². The van der Waals surface area contributed by atoms with Crippen LogP contribution in [0.4, 0.5) is 5.95 Å². The van der Waals surface area contributed by atoms with E-state index < -0.39 is 41.8 Å². The van der Waals surface area contributed by atoms with Crippen molar-refractivity contribution < 1.29 is 29.4 Å². The van der Waals surface area contributed by atoms with Crippen LogP contribution >= 0.6 is 0 Å². The zero-order valence-corrected chi connectivity index (χ0v) is 17.9. The van der Waals surface area contributed by atoms with Crippen LogP contribution in [-0.4, -0.2) is 71.4 Å². The van der Waals surface area contributed by atoms with Crippen LogP contribution < -0.4 is 16.6 Å². The van der Waals surface area contributed by atoms with E-state index in [-0.39, 0.29) is 42.5 Å². The maximum Gasteiger partial charge on any atom is 0.326 e.